The Labute approximate surface area is 73.8 Å². The van der Waals surface area contributed by atoms with E-state index in [0.717, 1.165) is 0 Å². The minimum Gasteiger partial charge on any atom is -0.327 e. The Balaban J connectivity index is 2.81. The van der Waals surface area contributed by atoms with E-state index < -0.39 is 8.27 Å². The van der Waals surface area contributed by atoms with E-state index in [-0.39, 0.29) is 0 Å². The van der Waals surface area contributed by atoms with Crippen molar-refractivity contribution in [3.8, 4) is 0 Å². The van der Waals surface area contributed by atoms with E-state index in [1.165, 1.54) is 10.8 Å². The van der Waals surface area contributed by atoms with Crippen molar-refractivity contribution in [2.24, 2.45) is 0 Å². The lowest BCUT2D eigenvalue weighted by atomic mass is 10.2. The van der Waals surface area contributed by atoms with E-state index in [1.807, 2.05) is 7.05 Å². The van der Waals surface area contributed by atoms with Gasteiger partial charge in [-0.15, -0.1) is 11.1 Å². The van der Waals surface area contributed by atoms with Crippen molar-refractivity contribution in [1.29, 1.82) is 0 Å². The maximum atomic E-state index is 6.07. The summed E-state index contributed by atoms with van der Waals surface area (Å²) in [5.74, 6) is 0. The summed E-state index contributed by atoms with van der Waals surface area (Å²) in [7, 11) is 0.568. The SMILES string of the molecule is CN[SiH](Cl)c1ccc(C)cc1. The average Bonchev–Trinajstić information content (AvgIpc) is 2.05. The Morgan fingerprint density at radius 1 is 1.27 bits per heavy atom. The molecule has 0 aromatic heterocycles. The number of benzene rings is 1. The largest absolute Gasteiger partial charge is 0.327 e. The van der Waals surface area contributed by atoms with Gasteiger partial charge in [-0.05, 0) is 19.2 Å². The van der Waals surface area contributed by atoms with E-state index in [2.05, 4.69) is 36.2 Å². The van der Waals surface area contributed by atoms with Crippen LogP contribution in [0.5, 0.6) is 0 Å². The molecule has 1 unspecified atom stereocenters. The Morgan fingerprint density at radius 3 is 2.27 bits per heavy atom. The smallest absolute Gasteiger partial charge is 0.242 e. The predicted molar refractivity (Wildman–Crippen MR) is 52.9 cm³/mol. The molecule has 3 heteroatoms. The van der Waals surface area contributed by atoms with Crippen LogP contribution in [0.25, 0.3) is 0 Å². The van der Waals surface area contributed by atoms with Gasteiger partial charge in [0.15, 0.2) is 0 Å². The highest BCUT2D eigenvalue weighted by Crippen LogP contribution is 1.95. The lowest BCUT2D eigenvalue weighted by Crippen LogP contribution is -2.37. The number of hydrogen-bond acceptors (Lipinski definition) is 1. The summed E-state index contributed by atoms with van der Waals surface area (Å²) in [6.45, 7) is 2.08. The summed E-state index contributed by atoms with van der Waals surface area (Å²) in [5, 5.41) is 1.25. The van der Waals surface area contributed by atoms with Gasteiger partial charge >= 0.3 is 0 Å². The van der Waals surface area contributed by atoms with Gasteiger partial charge in [-0.3, -0.25) is 0 Å². The Hall–Kier alpha value is -0.313. The molecule has 1 aromatic carbocycles. The van der Waals surface area contributed by atoms with Crippen molar-refractivity contribution in [3.63, 3.8) is 0 Å². The first-order valence-electron chi connectivity index (χ1n) is 3.62. The first kappa shape index (κ1) is 8.78. The molecular weight excluding hydrogens is 174 g/mol. The van der Waals surface area contributed by atoms with E-state index >= 15 is 0 Å². The molecule has 0 aliphatic heterocycles. The monoisotopic (exact) mass is 185 g/mol. The van der Waals surface area contributed by atoms with Crippen LogP contribution in [0.4, 0.5) is 0 Å². The quantitative estimate of drug-likeness (QED) is 0.533. The van der Waals surface area contributed by atoms with Gasteiger partial charge in [-0.2, -0.15) is 0 Å². The second kappa shape index (κ2) is 3.90. The molecule has 0 amide bonds. The van der Waals surface area contributed by atoms with Crippen LogP contribution in [0, 0.1) is 6.92 Å². The molecule has 1 N–H and O–H groups in total. The number of aryl methyl sites for hydroxylation is 1. The molecule has 1 rings (SSSR count). The minimum absolute atomic E-state index is 1.25. The van der Waals surface area contributed by atoms with E-state index in [1.54, 1.807) is 0 Å². The van der Waals surface area contributed by atoms with Crippen LogP contribution in [-0.4, -0.2) is 15.3 Å². The summed E-state index contributed by atoms with van der Waals surface area (Å²) < 4.78 is 0. The lowest BCUT2D eigenvalue weighted by molar-refractivity contribution is 1.25. The topological polar surface area (TPSA) is 12.0 Å². The fourth-order valence-corrected chi connectivity index (χ4v) is 2.20. The van der Waals surface area contributed by atoms with Gasteiger partial charge in [-0.25, -0.2) is 0 Å². The van der Waals surface area contributed by atoms with Crippen molar-refractivity contribution in [3.05, 3.63) is 29.8 Å². The zero-order valence-electron chi connectivity index (χ0n) is 6.76. The molecule has 0 bridgehead atoms. The second-order valence-electron chi connectivity index (χ2n) is 2.56. The molecule has 0 spiro atoms. The normalized spacial score (nSPS) is 13.0. The van der Waals surface area contributed by atoms with Crippen LogP contribution in [-0.2, 0) is 0 Å². The van der Waals surface area contributed by atoms with Gasteiger partial charge in [0.25, 0.3) is 0 Å². The molecule has 11 heavy (non-hydrogen) atoms. The molecule has 0 radical (unpaired) electrons. The van der Waals surface area contributed by atoms with Crippen molar-refractivity contribution in [2.75, 3.05) is 7.05 Å². The zero-order valence-corrected chi connectivity index (χ0v) is 8.68. The van der Waals surface area contributed by atoms with Gasteiger partial charge in [0.05, 0.1) is 0 Å². The first-order valence-corrected chi connectivity index (χ1v) is 6.52. The number of hydrogen-bond donors (Lipinski definition) is 1. The van der Waals surface area contributed by atoms with Crippen molar-refractivity contribution < 1.29 is 0 Å². The summed E-state index contributed by atoms with van der Waals surface area (Å²) >= 11 is 6.07. The molecule has 60 valence electrons. The zero-order chi connectivity index (χ0) is 8.27. The van der Waals surface area contributed by atoms with Crippen LogP contribution < -0.4 is 10.2 Å². The van der Waals surface area contributed by atoms with Crippen molar-refractivity contribution in [1.82, 2.24) is 4.98 Å². The maximum absolute atomic E-state index is 6.07. The molecule has 0 saturated carbocycles. The lowest BCUT2D eigenvalue weighted by Gasteiger charge is -2.05. The van der Waals surface area contributed by atoms with Gasteiger partial charge in [0.1, 0.15) is 0 Å². The fraction of sp³-hybridized carbons (Fsp3) is 0.250. The number of rotatable bonds is 2. The summed E-state index contributed by atoms with van der Waals surface area (Å²) in [4.78, 5) is 3.10. The standard InChI is InChI=1S/C8H12ClNSi/c1-7-3-5-8(6-4-7)11(9)10-2/h3-6,10-11H,1-2H3. The summed E-state index contributed by atoms with van der Waals surface area (Å²) in [6, 6.07) is 8.37. The molecule has 0 heterocycles. The molecule has 1 atom stereocenters. The van der Waals surface area contributed by atoms with E-state index in [0.29, 0.717) is 0 Å². The van der Waals surface area contributed by atoms with Gasteiger partial charge < -0.3 is 4.98 Å². The molecule has 0 saturated heterocycles. The highest BCUT2D eigenvalue weighted by atomic mass is 35.6. The molecule has 0 aliphatic carbocycles. The Kier molecular flexibility index (Phi) is 3.11. The molecule has 0 aliphatic rings. The van der Waals surface area contributed by atoms with Gasteiger partial charge in [0.2, 0.25) is 8.27 Å². The van der Waals surface area contributed by atoms with Crippen molar-refractivity contribution in [2.45, 2.75) is 6.92 Å². The Morgan fingerprint density at radius 2 is 1.82 bits per heavy atom. The van der Waals surface area contributed by atoms with Crippen LogP contribution in [0.3, 0.4) is 0 Å². The Bertz CT molecular complexity index is 222. The van der Waals surface area contributed by atoms with Crippen molar-refractivity contribution >= 4 is 24.5 Å². The van der Waals surface area contributed by atoms with Crippen LogP contribution in [0.1, 0.15) is 5.56 Å². The number of nitrogens with one attached hydrogen (secondary N) is 1. The average molecular weight is 186 g/mol. The van der Waals surface area contributed by atoms with E-state index in [4.69, 9.17) is 11.1 Å². The second-order valence-corrected chi connectivity index (χ2v) is 5.84. The molecule has 1 aromatic rings. The van der Waals surface area contributed by atoms with Gasteiger partial charge in [-0.1, -0.05) is 29.8 Å². The predicted octanol–water partition coefficient (Wildman–Crippen LogP) is 0.881. The summed E-state index contributed by atoms with van der Waals surface area (Å²) in [6.07, 6.45) is 0. The maximum Gasteiger partial charge on any atom is 0.242 e. The van der Waals surface area contributed by atoms with Crippen LogP contribution in [0.15, 0.2) is 24.3 Å². The van der Waals surface area contributed by atoms with Gasteiger partial charge in [0, 0.05) is 0 Å². The highest BCUT2D eigenvalue weighted by Gasteiger charge is 2.05. The van der Waals surface area contributed by atoms with E-state index in [9.17, 15) is 0 Å². The third-order valence-corrected chi connectivity index (χ3v) is 4.51. The first-order chi connectivity index (χ1) is 5.24. The highest BCUT2D eigenvalue weighted by molar-refractivity contribution is 7.12. The molecular formula is C8H12ClNSi. The third-order valence-electron chi connectivity index (χ3n) is 1.62. The third kappa shape index (κ3) is 2.33. The number of halogens is 1. The minimum atomic E-state index is -1.34. The molecule has 0 fully saturated rings. The van der Waals surface area contributed by atoms with Crippen LogP contribution in [0.2, 0.25) is 0 Å². The van der Waals surface area contributed by atoms with Crippen LogP contribution >= 0.6 is 11.1 Å². The fourth-order valence-electron chi connectivity index (χ4n) is 0.902. The summed E-state index contributed by atoms with van der Waals surface area (Å²) in [5.41, 5.74) is 1.28. The molecule has 1 nitrogen and oxygen atoms in total.